The van der Waals surface area contributed by atoms with E-state index in [1.54, 1.807) is 24.4 Å². The van der Waals surface area contributed by atoms with Gasteiger partial charge in [0.2, 0.25) is 0 Å². The van der Waals surface area contributed by atoms with Crippen LogP contribution in [0.5, 0.6) is 0 Å². The molecule has 5 nitrogen and oxygen atoms in total. The van der Waals surface area contributed by atoms with E-state index in [0.29, 0.717) is 23.5 Å². The van der Waals surface area contributed by atoms with E-state index in [-0.39, 0.29) is 28.6 Å². The number of sulfone groups is 1. The van der Waals surface area contributed by atoms with Crippen LogP contribution in [0.3, 0.4) is 0 Å². The second-order valence-corrected chi connectivity index (χ2v) is 12.2. The normalized spacial score (nSPS) is 24.8. The van der Waals surface area contributed by atoms with Gasteiger partial charge in [-0.15, -0.1) is 0 Å². The average molecular weight is 517 g/mol. The molecule has 1 aromatic carbocycles. The summed E-state index contributed by atoms with van der Waals surface area (Å²) in [4.78, 5) is 17.2. The van der Waals surface area contributed by atoms with Gasteiger partial charge in [0.25, 0.3) is 5.91 Å². The topological polar surface area (TPSA) is 76.1 Å². The summed E-state index contributed by atoms with van der Waals surface area (Å²) in [5.41, 5.74) is 0.721. The second kappa shape index (κ2) is 8.47. The number of hydrogen-bond donors (Lipinski definition) is 1. The van der Waals surface area contributed by atoms with Crippen LogP contribution in [0.25, 0.3) is 5.57 Å². The number of hydrogen-bond acceptors (Lipinski definition) is 5. The van der Waals surface area contributed by atoms with Crippen molar-refractivity contribution in [2.24, 2.45) is 5.92 Å². The third kappa shape index (κ3) is 4.65. The van der Waals surface area contributed by atoms with E-state index in [1.807, 2.05) is 0 Å². The molecule has 1 unspecified atom stereocenters. The van der Waals surface area contributed by atoms with Gasteiger partial charge in [-0.1, -0.05) is 29.5 Å². The maximum atomic E-state index is 13.7. The van der Waals surface area contributed by atoms with Gasteiger partial charge in [0.1, 0.15) is 12.3 Å². The third-order valence-corrected chi connectivity index (χ3v) is 8.92. The number of allylic oxidation sites excluding steroid dienone is 1. The van der Waals surface area contributed by atoms with Crippen LogP contribution in [0.1, 0.15) is 31.2 Å². The van der Waals surface area contributed by atoms with Gasteiger partial charge >= 0.3 is 0 Å². The first-order valence-corrected chi connectivity index (χ1v) is 12.7. The lowest BCUT2D eigenvalue weighted by molar-refractivity contribution is -0.111. The Bertz CT molecular complexity index is 1070. The van der Waals surface area contributed by atoms with Gasteiger partial charge in [-0.25, -0.2) is 22.2 Å². The molecule has 0 aliphatic heterocycles. The van der Waals surface area contributed by atoms with Crippen LogP contribution in [0.15, 0.2) is 45.2 Å². The molecule has 4 rings (SSSR count). The van der Waals surface area contributed by atoms with Crippen molar-refractivity contribution in [1.82, 2.24) is 4.98 Å². The van der Waals surface area contributed by atoms with Crippen LogP contribution in [-0.4, -0.2) is 36.9 Å². The van der Waals surface area contributed by atoms with E-state index in [4.69, 9.17) is 0 Å². The largest absolute Gasteiger partial charge is 0.298 e. The van der Waals surface area contributed by atoms with Crippen molar-refractivity contribution in [2.75, 3.05) is 5.32 Å². The summed E-state index contributed by atoms with van der Waals surface area (Å²) >= 11 is 4.52. The molecule has 2 saturated carbocycles. The monoisotopic (exact) mass is 516 g/mol. The molecule has 1 aromatic heterocycles. The fraction of sp³-hybridized carbons (Fsp3) is 0.400. The van der Waals surface area contributed by atoms with E-state index >= 15 is 0 Å². The Kier molecular flexibility index (Phi) is 6.09. The second-order valence-electron chi connectivity index (χ2n) is 7.54. The number of thiazole rings is 1. The van der Waals surface area contributed by atoms with Gasteiger partial charge in [-0.2, -0.15) is 0 Å². The number of nitrogens with one attached hydrogen (secondary N) is 1. The minimum atomic E-state index is -3.34. The quantitative estimate of drug-likeness (QED) is 0.551. The molecular formula is C20H19BrF2N2O3S2. The molecule has 2 aromatic rings. The predicted molar refractivity (Wildman–Crippen MR) is 116 cm³/mol. The fourth-order valence-electron chi connectivity index (χ4n) is 3.52. The lowest BCUT2D eigenvalue weighted by Gasteiger charge is -2.12. The summed E-state index contributed by atoms with van der Waals surface area (Å²) in [6, 6.07) is 6.09. The number of halogens is 3. The highest BCUT2D eigenvalue weighted by molar-refractivity contribution is 9.11. The summed E-state index contributed by atoms with van der Waals surface area (Å²) < 4.78 is 52.9. The summed E-state index contributed by atoms with van der Waals surface area (Å²) in [5, 5.41) is 2.75. The first-order valence-electron chi connectivity index (χ1n) is 9.51. The molecule has 2 fully saturated rings. The number of nitrogens with zero attached hydrogens (tertiary/aromatic N) is 1. The predicted octanol–water partition coefficient (Wildman–Crippen LogP) is 4.95. The summed E-state index contributed by atoms with van der Waals surface area (Å²) in [5.74, 6) is -0.888. The Morgan fingerprint density at radius 2 is 1.80 bits per heavy atom. The van der Waals surface area contributed by atoms with Crippen LogP contribution in [0.4, 0.5) is 13.9 Å². The highest BCUT2D eigenvalue weighted by atomic mass is 79.9. The number of carbonyl (C=O) groups excluding carboxylic acids is 1. The number of benzene rings is 1. The van der Waals surface area contributed by atoms with Gasteiger partial charge in [-0.3, -0.25) is 10.1 Å². The molecule has 30 heavy (non-hydrogen) atoms. The Hall–Kier alpha value is -1.65. The molecule has 2 aliphatic rings. The fourth-order valence-corrected chi connectivity index (χ4v) is 6.28. The zero-order valence-corrected chi connectivity index (χ0v) is 18.9. The van der Waals surface area contributed by atoms with Crippen molar-refractivity contribution >= 4 is 53.7 Å². The van der Waals surface area contributed by atoms with E-state index in [2.05, 4.69) is 26.2 Å². The van der Waals surface area contributed by atoms with Gasteiger partial charge < -0.3 is 0 Å². The number of amides is 1. The van der Waals surface area contributed by atoms with Crippen LogP contribution >= 0.6 is 27.3 Å². The van der Waals surface area contributed by atoms with Crippen LogP contribution in [-0.2, 0) is 14.6 Å². The number of anilines is 1. The minimum absolute atomic E-state index is 0.00882. The highest BCUT2D eigenvalue weighted by Crippen LogP contribution is 2.36. The Morgan fingerprint density at radius 1 is 1.17 bits per heavy atom. The number of aromatic nitrogens is 1. The molecule has 1 N–H and O–H groups in total. The Labute approximate surface area is 185 Å². The Balaban J connectivity index is 1.63. The Morgan fingerprint density at radius 3 is 2.33 bits per heavy atom. The van der Waals surface area contributed by atoms with E-state index in [9.17, 15) is 22.0 Å². The molecule has 1 heterocycles. The lowest BCUT2D eigenvalue weighted by Crippen LogP contribution is -2.15. The zero-order valence-electron chi connectivity index (χ0n) is 15.7. The van der Waals surface area contributed by atoms with Gasteiger partial charge in [0, 0.05) is 5.57 Å². The van der Waals surface area contributed by atoms with Gasteiger partial charge in [0.15, 0.2) is 15.0 Å². The van der Waals surface area contributed by atoms with Crippen molar-refractivity contribution < 1.29 is 22.0 Å². The molecule has 0 radical (unpaired) electrons. The molecule has 0 bridgehead atoms. The number of alkyl halides is 2. The van der Waals surface area contributed by atoms with Gasteiger partial charge in [0.05, 0.1) is 20.1 Å². The standard InChI is InChI=1S/C20H19BrF2N2O3S2/c21-18-10-24-20(29-18)25-19(26)15(7-11-8-16(22)17(23)9-11)12-1-3-13(4-2-12)30(27,28)14-5-6-14/h1-4,7,10-11,14,16-17H,5-6,8-9H2,(H,24,25,26)/t11?,16-,17+. The van der Waals surface area contributed by atoms with Crippen LogP contribution in [0, 0.1) is 5.92 Å². The average Bonchev–Trinajstić information content (AvgIpc) is 3.42. The first kappa shape index (κ1) is 21.6. The van der Waals surface area contributed by atoms with Gasteiger partial charge in [-0.05, 0) is 65.2 Å². The molecule has 2 aliphatic carbocycles. The van der Waals surface area contributed by atoms with Crippen molar-refractivity contribution in [3.63, 3.8) is 0 Å². The van der Waals surface area contributed by atoms with E-state index in [1.165, 1.54) is 23.5 Å². The van der Waals surface area contributed by atoms with E-state index < -0.39 is 34.0 Å². The first-order chi connectivity index (χ1) is 14.2. The van der Waals surface area contributed by atoms with Crippen molar-refractivity contribution in [1.29, 1.82) is 0 Å². The molecule has 1 amide bonds. The number of rotatable bonds is 6. The van der Waals surface area contributed by atoms with Crippen molar-refractivity contribution in [2.45, 2.75) is 48.2 Å². The van der Waals surface area contributed by atoms with E-state index in [0.717, 1.165) is 3.79 Å². The van der Waals surface area contributed by atoms with Crippen LogP contribution < -0.4 is 5.32 Å². The minimum Gasteiger partial charge on any atom is -0.298 e. The van der Waals surface area contributed by atoms with Crippen molar-refractivity contribution in [3.05, 3.63) is 45.9 Å². The number of carbonyl (C=O) groups is 1. The maximum absolute atomic E-state index is 13.7. The summed E-state index contributed by atoms with van der Waals surface area (Å²) in [7, 11) is -3.34. The lowest BCUT2D eigenvalue weighted by atomic mass is 9.98. The summed E-state index contributed by atoms with van der Waals surface area (Å²) in [6.07, 6.45) is 1.39. The molecule has 0 saturated heterocycles. The SMILES string of the molecule is O=C(Nc1ncc(Br)s1)C(=CC1C[C@@H](F)[C@@H](F)C1)c1ccc(S(=O)(=O)C2CC2)cc1. The molecular weight excluding hydrogens is 498 g/mol. The summed E-state index contributed by atoms with van der Waals surface area (Å²) in [6.45, 7) is 0. The molecule has 3 atom stereocenters. The zero-order chi connectivity index (χ0) is 21.5. The van der Waals surface area contributed by atoms with Crippen molar-refractivity contribution in [3.8, 4) is 0 Å². The molecule has 0 spiro atoms. The van der Waals surface area contributed by atoms with Crippen LogP contribution in [0.2, 0.25) is 0 Å². The third-order valence-electron chi connectivity index (χ3n) is 5.25. The maximum Gasteiger partial charge on any atom is 0.257 e. The smallest absolute Gasteiger partial charge is 0.257 e. The highest BCUT2D eigenvalue weighted by Gasteiger charge is 2.37. The molecule has 160 valence electrons. The molecule has 10 heteroatoms.